The van der Waals surface area contributed by atoms with Crippen molar-refractivity contribution in [2.75, 3.05) is 13.2 Å². The third kappa shape index (κ3) is 6.96. The summed E-state index contributed by atoms with van der Waals surface area (Å²) in [4.78, 5) is 16.1. The molecule has 1 N–H and O–H groups in total. The second kappa shape index (κ2) is 9.93. The molecule has 0 atom stereocenters. The zero-order valence-electron chi connectivity index (χ0n) is 17.0. The fourth-order valence-electron chi connectivity index (χ4n) is 3.04. The Balaban J connectivity index is 1.61. The molecular weight excluding hydrogens is 450 g/mol. The number of halogens is 6. The Hall–Kier alpha value is -3.56. The van der Waals surface area contributed by atoms with Crippen molar-refractivity contribution in [3.63, 3.8) is 0 Å². The van der Waals surface area contributed by atoms with Crippen LogP contribution in [0.15, 0.2) is 66.9 Å². The number of carbonyl (C=O) groups excluding carboxylic acids is 1. The molecule has 0 spiro atoms. The highest BCUT2D eigenvalue weighted by Gasteiger charge is 2.34. The molecule has 1 aromatic heterocycles. The Bertz CT molecular complexity index is 1100. The van der Waals surface area contributed by atoms with E-state index in [0.29, 0.717) is 12.0 Å². The number of pyridine rings is 1. The van der Waals surface area contributed by atoms with Gasteiger partial charge in [0.15, 0.2) is 6.61 Å². The number of rotatable bonds is 7. The van der Waals surface area contributed by atoms with Gasteiger partial charge in [-0.25, -0.2) is 4.98 Å². The molecule has 1 amide bonds. The molecule has 174 valence electrons. The summed E-state index contributed by atoms with van der Waals surface area (Å²) in [6, 6.07) is 14.5. The number of alkyl halides is 6. The Morgan fingerprint density at radius 3 is 2.33 bits per heavy atom. The lowest BCUT2D eigenvalue weighted by molar-refractivity contribution is -0.154. The van der Waals surface area contributed by atoms with E-state index in [-0.39, 0.29) is 12.4 Å². The lowest BCUT2D eigenvalue weighted by Crippen LogP contribution is -2.28. The van der Waals surface area contributed by atoms with Gasteiger partial charge in [-0.1, -0.05) is 36.4 Å². The van der Waals surface area contributed by atoms with Crippen LogP contribution in [0.1, 0.15) is 21.5 Å². The molecule has 1 heterocycles. The van der Waals surface area contributed by atoms with Gasteiger partial charge in [-0.3, -0.25) is 4.79 Å². The number of aromatic nitrogens is 1. The second-order valence-electron chi connectivity index (χ2n) is 7.04. The minimum Gasteiger partial charge on any atom is -0.468 e. The van der Waals surface area contributed by atoms with Gasteiger partial charge in [0.2, 0.25) is 5.88 Å². The fraction of sp³-hybridized carbons (Fsp3) is 0.217. The molecule has 0 aliphatic heterocycles. The van der Waals surface area contributed by atoms with Crippen LogP contribution in [0.2, 0.25) is 0 Å². The predicted molar refractivity (Wildman–Crippen MR) is 109 cm³/mol. The van der Waals surface area contributed by atoms with Crippen LogP contribution >= 0.6 is 0 Å². The third-order valence-electron chi connectivity index (χ3n) is 4.56. The average Bonchev–Trinajstić information content (AvgIpc) is 2.77. The topological polar surface area (TPSA) is 51.2 Å². The smallest absolute Gasteiger partial charge is 0.422 e. The van der Waals surface area contributed by atoms with E-state index in [1.165, 1.54) is 24.4 Å². The normalized spacial score (nSPS) is 11.8. The van der Waals surface area contributed by atoms with Crippen molar-refractivity contribution in [2.45, 2.75) is 18.8 Å². The number of ether oxygens (including phenoxy) is 1. The van der Waals surface area contributed by atoms with Crippen LogP contribution in [0.4, 0.5) is 26.3 Å². The summed E-state index contributed by atoms with van der Waals surface area (Å²) in [5.74, 6) is -0.980. The molecule has 2 aromatic carbocycles. The van der Waals surface area contributed by atoms with E-state index in [2.05, 4.69) is 15.0 Å². The summed E-state index contributed by atoms with van der Waals surface area (Å²) in [6.07, 6.45) is -7.36. The van der Waals surface area contributed by atoms with Crippen LogP contribution in [0.3, 0.4) is 0 Å². The van der Waals surface area contributed by atoms with Gasteiger partial charge in [-0.05, 0) is 35.7 Å². The van der Waals surface area contributed by atoms with Crippen molar-refractivity contribution in [1.29, 1.82) is 0 Å². The van der Waals surface area contributed by atoms with Crippen molar-refractivity contribution in [2.24, 2.45) is 0 Å². The molecule has 0 bridgehead atoms. The summed E-state index contributed by atoms with van der Waals surface area (Å²) in [6.45, 7) is -1.33. The number of nitrogens with zero attached hydrogens (tertiary/aromatic N) is 1. The Labute approximate surface area is 185 Å². The van der Waals surface area contributed by atoms with E-state index >= 15 is 0 Å². The maximum atomic E-state index is 13.1. The number of benzene rings is 2. The number of nitrogens with one attached hydrogen (secondary N) is 1. The number of hydrogen-bond donors (Lipinski definition) is 1. The van der Waals surface area contributed by atoms with E-state index < -0.39 is 36.0 Å². The summed E-state index contributed by atoms with van der Waals surface area (Å²) >= 11 is 0. The van der Waals surface area contributed by atoms with Crippen LogP contribution < -0.4 is 10.1 Å². The highest BCUT2D eigenvalue weighted by Crippen LogP contribution is 2.31. The van der Waals surface area contributed by atoms with Crippen LogP contribution in [0, 0.1) is 0 Å². The lowest BCUT2D eigenvalue weighted by atomic mass is 10.0. The highest BCUT2D eigenvalue weighted by atomic mass is 19.4. The standard InChI is InChI=1S/C23H18F6N2O2/c24-22(25,26)14-33-20-9-8-17(13-31-20)16-5-3-4-15(12-16)10-11-30-21(32)18-6-1-2-7-19(18)23(27,28)29/h1-9,12-13H,10-11,14H2,(H,30,32). The first-order valence-electron chi connectivity index (χ1n) is 9.72. The van der Waals surface area contributed by atoms with E-state index in [4.69, 9.17) is 0 Å². The monoisotopic (exact) mass is 468 g/mol. The molecule has 0 aliphatic rings. The largest absolute Gasteiger partial charge is 0.468 e. The molecule has 3 rings (SSSR count). The van der Waals surface area contributed by atoms with Crippen molar-refractivity contribution in [3.8, 4) is 17.0 Å². The van der Waals surface area contributed by atoms with Gasteiger partial charge in [0.05, 0.1) is 11.1 Å². The first-order chi connectivity index (χ1) is 15.5. The Morgan fingerprint density at radius 1 is 0.909 bits per heavy atom. The Morgan fingerprint density at radius 2 is 1.67 bits per heavy atom. The van der Waals surface area contributed by atoms with Crippen LogP contribution in [-0.4, -0.2) is 30.2 Å². The number of carbonyl (C=O) groups is 1. The SMILES string of the molecule is O=C(NCCc1cccc(-c2ccc(OCC(F)(F)F)nc2)c1)c1ccccc1C(F)(F)F. The van der Waals surface area contributed by atoms with Gasteiger partial charge in [-0.2, -0.15) is 26.3 Å². The summed E-state index contributed by atoms with van der Waals surface area (Å²) < 4.78 is 80.5. The van der Waals surface area contributed by atoms with Crippen molar-refractivity contribution in [1.82, 2.24) is 10.3 Å². The van der Waals surface area contributed by atoms with Crippen LogP contribution in [-0.2, 0) is 12.6 Å². The van der Waals surface area contributed by atoms with Crippen molar-refractivity contribution in [3.05, 3.63) is 83.6 Å². The predicted octanol–water partition coefficient (Wildman–Crippen LogP) is 5.68. The zero-order chi connectivity index (χ0) is 24.1. The summed E-state index contributed by atoms with van der Waals surface area (Å²) in [5, 5.41) is 2.49. The van der Waals surface area contributed by atoms with E-state index in [9.17, 15) is 31.1 Å². The number of hydrogen-bond acceptors (Lipinski definition) is 3. The molecule has 0 radical (unpaired) electrons. The molecule has 0 unspecified atom stereocenters. The first-order valence-corrected chi connectivity index (χ1v) is 9.72. The molecule has 0 saturated heterocycles. The van der Waals surface area contributed by atoms with Crippen LogP contribution in [0.25, 0.3) is 11.1 Å². The zero-order valence-corrected chi connectivity index (χ0v) is 17.0. The van der Waals surface area contributed by atoms with E-state index in [1.807, 2.05) is 0 Å². The van der Waals surface area contributed by atoms with E-state index in [1.54, 1.807) is 30.3 Å². The summed E-state index contributed by atoms with van der Waals surface area (Å²) in [7, 11) is 0. The second-order valence-corrected chi connectivity index (χ2v) is 7.04. The van der Waals surface area contributed by atoms with Gasteiger partial charge >= 0.3 is 12.4 Å². The molecule has 0 saturated carbocycles. The summed E-state index contributed by atoms with van der Waals surface area (Å²) in [5.41, 5.74) is 0.724. The van der Waals surface area contributed by atoms with Crippen molar-refractivity contribution >= 4 is 5.91 Å². The third-order valence-corrected chi connectivity index (χ3v) is 4.56. The maximum Gasteiger partial charge on any atom is 0.422 e. The molecule has 0 fully saturated rings. The van der Waals surface area contributed by atoms with Gasteiger partial charge in [0, 0.05) is 24.4 Å². The molecule has 33 heavy (non-hydrogen) atoms. The minimum atomic E-state index is -4.64. The highest BCUT2D eigenvalue weighted by molar-refractivity contribution is 5.95. The van der Waals surface area contributed by atoms with Gasteiger partial charge in [-0.15, -0.1) is 0 Å². The molecule has 10 heteroatoms. The van der Waals surface area contributed by atoms with Gasteiger partial charge in [0.25, 0.3) is 5.91 Å². The molecule has 3 aromatic rings. The Kier molecular flexibility index (Phi) is 7.25. The minimum absolute atomic E-state index is 0.108. The average molecular weight is 468 g/mol. The number of amides is 1. The van der Waals surface area contributed by atoms with Gasteiger partial charge < -0.3 is 10.1 Å². The quantitative estimate of drug-likeness (QED) is 0.454. The maximum absolute atomic E-state index is 13.1. The van der Waals surface area contributed by atoms with Crippen LogP contribution in [0.5, 0.6) is 5.88 Å². The molecule has 0 aliphatic carbocycles. The van der Waals surface area contributed by atoms with Crippen molar-refractivity contribution < 1.29 is 35.9 Å². The first kappa shape index (κ1) is 24.1. The van der Waals surface area contributed by atoms with E-state index in [0.717, 1.165) is 23.3 Å². The van der Waals surface area contributed by atoms with Gasteiger partial charge in [0.1, 0.15) is 0 Å². The lowest BCUT2D eigenvalue weighted by Gasteiger charge is -2.13. The molecule has 4 nitrogen and oxygen atoms in total. The fourth-order valence-corrected chi connectivity index (χ4v) is 3.04. The molecular formula is C23H18F6N2O2.